The molecular weight excluding hydrogens is 719 g/mol. The van der Waals surface area contributed by atoms with Crippen molar-refractivity contribution in [3.8, 4) is 0 Å². The third-order valence-electron chi connectivity index (χ3n) is 12.4. The number of hydrogen-bond donors (Lipinski definition) is 3. The first kappa shape index (κ1) is 56.9. The summed E-state index contributed by atoms with van der Waals surface area (Å²) in [6.45, 7) is 6.50. The molecule has 0 rings (SSSR count). The number of rotatable bonds is 48. The summed E-state index contributed by atoms with van der Waals surface area (Å²) >= 11 is 0. The van der Waals surface area contributed by atoms with Gasteiger partial charge >= 0.3 is 5.97 Å². The van der Waals surface area contributed by atoms with Gasteiger partial charge < -0.3 is 20.3 Å². The predicted molar refractivity (Wildman–Crippen MR) is 250 cm³/mol. The van der Waals surface area contributed by atoms with E-state index in [9.17, 15) is 19.8 Å². The number of unbranched alkanes of at least 4 members (excludes halogenated alkanes) is 36. The molecule has 346 valence electrons. The molecule has 58 heavy (non-hydrogen) atoms. The maximum Gasteiger partial charge on any atom is 0.306 e. The minimum absolute atomic E-state index is 0.0878. The normalized spacial score (nSPS) is 13.1. The van der Waals surface area contributed by atoms with E-state index < -0.39 is 18.2 Å². The highest BCUT2D eigenvalue weighted by Crippen LogP contribution is 2.19. The average Bonchev–Trinajstić information content (AvgIpc) is 3.22. The Balaban J connectivity index is 4.51. The number of nitrogens with one attached hydrogen (secondary N) is 1. The summed E-state index contributed by atoms with van der Waals surface area (Å²) in [5.74, 6) is -0.450. The van der Waals surface area contributed by atoms with Crippen LogP contribution >= 0.6 is 0 Å². The van der Waals surface area contributed by atoms with Crippen LogP contribution in [0.5, 0.6) is 0 Å². The maximum absolute atomic E-state index is 13.2. The highest BCUT2D eigenvalue weighted by atomic mass is 16.5. The summed E-state index contributed by atoms with van der Waals surface area (Å²) in [6.07, 6.45) is 50.2. The van der Waals surface area contributed by atoms with Crippen LogP contribution in [-0.4, -0.2) is 46.9 Å². The van der Waals surface area contributed by atoms with Crippen LogP contribution in [0.4, 0.5) is 0 Å². The van der Waals surface area contributed by atoms with Crippen molar-refractivity contribution in [3.05, 3.63) is 0 Å². The van der Waals surface area contributed by atoms with Gasteiger partial charge in [-0.25, -0.2) is 0 Å². The van der Waals surface area contributed by atoms with Crippen molar-refractivity contribution in [1.82, 2.24) is 5.32 Å². The molecule has 0 aliphatic heterocycles. The number of carbonyl (C=O) groups excluding carboxylic acids is 2. The van der Waals surface area contributed by atoms with Crippen molar-refractivity contribution < 1.29 is 24.5 Å². The van der Waals surface area contributed by atoms with Gasteiger partial charge in [-0.2, -0.15) is 0 Å². The summed E-state index contributed by atoms with van der Waals surface area (Å²) in [6, 6.07) is -0.691. The molecule has 0 aromatic heterocycles. The van der Waals surface area contributed by atoms with Crippen molar-refractivity contribution in [3.63, 3.8) is 0 Å². The lowest BCUT2D eigenvalue weighted by atomic mass is 10.0. The smallest absolute Gasteiger partial charge is 0.306 e. The third-order valence-corrected chi connectivity index (χ3v) is 12.4. The molecule has 3 atom stereocenters. The van der Waals surface area contributed by atoms with Gasteiger partial charge in [0.2, 0.25) is 5.91 Å². The van der Waals surface area contributed by atoms with Gasteiger partial charge in [0.15, 0.2) is 0 Å². The topological polar surface area (TPSA) is 95.9 Å². The van der Waals surface area contributed by atoms with Gasteiger partial charge in [0.25, 0.3) is 0 Å². The Morgan fingerprint density at radius 1 is 0.431 bits per heavy atom. The first-order valence-electron chi connectivity index (χ1n) is 26.3. The van der Waals surface area contributed by atoms with Crippen LogP contribution < -0.4 is 5.32 Å². The maximum atomic E-state index is 13.2. The Kier molecular flexibility index (Phi) is 46.0. The summed E-state index contributed by atoms with van der Waals surface area (Å²) in [4.78, 5) is 26.1. The minimum atomic E-state index is -0.778. The van der Waals surface area contributed by atoms with Gasteiger partial charge in [0.1, 0.15) is 6.10 Å². The average molecular weight is 822 g/mol. The second kappa shape index (κ2) is 46.9. The fourth-order valence-electron chi connectivity index (χ4n) is 8.43. The summed E-state index contributed by atoms with van der Waals surface area (Å²) in [5, 5.41) is 23.7. The molecule has 3 unspecified atom stereocenters. The van der Waals surface area contributed by atoms with Crippen LogP contribution in [0.15, 0.2) is 0 Å². The Labute approximate surface area is 362 Å². The van der Waals surface area contributed by atoms with Crippen LogP contribution in [0.25, 0.3) is 0 Å². The van der Waals surface area contributed by atoms with Gasteiger partial charge in [-0.05, 0) is 25.7 Å². The molecule has 0 fully saturated rings. The van der Waals surface area contributed by atoms with E-state index in [0.29, 0.717) is 19.3 Å². The molecule has 0 aromatic carbocycles. The van der Waals surface area contributed by atoms with Crippen LogP contribution in [-0.2, 0) is 14.3 Å². The van der Waals surface area contributed by atoms with E-state index >= 15 is 0 Å². The van der Waals surface area contributed by atoms with Crippen molar-refractivity contribution in [2.75, 3.05) is 6.61 Å². The van der Waals surface area contributed by atoms with Gasteiger partial charge in [-0.3, -0.25) is 9.59 Å². The largest absolute Gasteiger partial charge is 0.462 e. The Morgan fingerprint density at radius 3 is 1.05 bits per heavy atom. The van der Waals surface area contributed by atoms with Gasteiger partial charge in [-0.1, -0.05) is 258 Å². The molecule has 0 aromatic rings. The standard InChI is InChI=1S/C52H103NO5/c1-4-7-10-13-16-19-22-24-26-28-30-33-36-39-42-45-52(57)58-48(43-40-37-34-31-29-27-25-23-20-17-14-11-8-5-2)46-51(56)53-49(47-54)50(55)44-41-38-35-32-21-18-15-12-9-6-3/h48-50,54-55H,4-47H2,1-3H3,(H,53,56). The zero-order valence-electron chi connectivity index (χ0n) is 39.5. The van der Waals surface area contributed by atoms with Crippen molar-refractivity contribution in [2.24, 2.45) is 0 Å². The van der Waals surface area contributed by atoms with Gasteiger partial charge in [0.05, 0.1) is 25.2 Å². The number of amides is 1. The summed E-state index contributed by atoms with van der Waals surface area (Å²) in [7, 11) is 0. The first-order chi connectivity index (χ1) is 28.5. The van der Waals surface area contributed by atoms with E-state index in [4.69, 9.17) is 4.74 Å². The lowest BCUT2D eigenvalue weighted by molar-refractivity contribution is -0.151. The number of aliphatic hydroxyl groups is 2. The van der Waals surface area contributed by atoms with Gasteiger partial charge in [0, 0.05) is 6.42 Å². The molecule has 1 amide bonds. The second-order valence-corrected chi connectivity index (χ2v) is 18.3. The SMILES string of the molecule is CCCCCCCCCCCCCCCCCC(=O)OC(CCCCCCCCCCCCCCCC)CC(=O)NC(CO)C(O)CCCCCCCCCCCC. The van der Waals surface area contributed by atoms with Crippen LogP contribution in [0.2, 0.25) is 0 Å². The summed E-state index contributed by atoms with van der Waals surface area (Å²) < 4.78 is 5.94. The predicted octanol–water partition coefficient (Wildman–Crippen LogP) is 15.6. The Morgan fingerprint density at radius 2 is 0.724 bits per heavy atom. The molecule has 3 N–H and O–H groups in total. The van der Waals surface area contributed by atoms with E-state index in [1.807, 2.05) is 0 Å². The van der Waals surface area contributed by atoms with E-state index in [1.165, 1.54) is 212 Å². The van der Waals surface area contributed by atoms with Crippen molar-refractivity contribution in [1.29, 1.82) is 0 Å². The fourth-order valence-corrected chi connectivity index (χ4v) is 8.43. The van der Waals surface area contributed by atoms with E-state index in [0.717, 1.165) is 38.5 Å². The molecule has 0 heterocycles. The minimum Gasteiger partial charge on any atom is -0.462 e. The summed E-state index contributed by atoms with van der Waals surface area (Å²) in [5.41, 5.74) is 0. The Hall–Kier alpha value is -1.14. The molecule has 0 spiro atoms. The number of hydrogen-bond acceptors (Lipinski definition) is 5. The van der Waals surface area contributed by atoms with E-state index in [1.54, 1.807) is 0 Å². The molecule has 0 bridgehead atoms. The third kappa shape index (κ3) is 41.6. The van der Waals surface area contributed by atoms with Crippen LogP contribution in [0, 0.1) is 0 Å². The lowest BCUT2D eigenvalue weighted by Crippen LogP contribution is -2.46. The molecule has 6 nitrogen and oxygen atoms in total. The molecule has 0 saturated heterocycles. The van der Waals surface area contributed by atoms with Crippen LogP contribution in [0.3, 0.4) is 0 Å². The number of aliphatic hydroxyl groups excluding tert-OH is 2. The highest BCUT2D eigenvalue weighted by Gasteiger charge is 2.24. The van der Waals surface area contributed by atoms with Crippen molar-refractivity contribution >= 4 is 11.9 Å². The molecule has 0 radical (unpaired) electrons. The second-order valence-electron chi connectivity index (χ2n) is 18.3. The molecule has 0 saturated carbocycles. The van der Waals surface area contributed by atoms with Crippen LogP contribution in [0.1, 0.15) is 297 Å². The Bertz CT molecular complexity index is 837. The van der Waals surface area contributed by atoms with Crippen molar-refractivity contribution in [2.45, 2.75) is 315 Å². The monoisotopic (exact) mass is 822 g/mol. The molecule has 0 aliphatic carbocycles. The number of esters is 1. The van der Waals surface area contributed by atoms with Gasteiger partial charge in [-0.15, -0.1) is 0 Å². The number of ether oxygens (including phenoxy) is 1. The molecule has 6 heteroatoms. The molecule has 0 aliphatic rings. The molecular formula is C52H103NO5. The zero-order chi connectivity index (χ0) is 42.4. The van der Waals surface area contributed by atoms with E-state index in [-0.39, 0.29) is 24.9 Å². The highest BCUT2D eigenvalue weighted by molar-refractivity contribution is 5.77. The van der Waals surface area contributed by atoms with E-state index in [2.05, 4.69) is 26.1 Å². The quantitative estimate of drug-likeness (QED) is 0.0420. The zero-order valence-corrected chi connectivity index (χ0v) is 39.5. The first-order valence-corrected chi connectivity index (χ1v) is 26.3. The lowest BCUT2D eigenvalue weighted by Gasteiger charge is -2.24. The fraction of sp³-hybridized carbons (Fsp3) is 0.962. The number of carbonyl (C=O) groups is 2.